The predicted octanol–water partition coefficient (Wildman–Crippen LogP) is 2.23. The Kier molecular flexibility index (Phi) is 12.1. The molecule has 0 aromatic heterocycles. The Hall–Kier alpha value is -5.68. The SMILES string of the molecule is NC(Cc1ccccc1)C(=O)NC(Cc1ccccc1)C(=O)NC(Cc1ccc(O)cc1)C(=O)NC(Cc1ccc(O)cc1)C(=O)O. The zero-order valence-corrected chi connectivity index (χ0v) is 25.6. The number of aliphatic carboxylic acids is 1. The van der Waals surface area contributed by atoms with Gasteiger partial charge in [0.1, 0.15) is 29.6 Å². The zero-order valence-electron chi connectivity index (χ0n) is 25.6. The van der Waals surface area contributed by atoms with Crippen LogP contribution in [0.3, 0.4) is 0 Å². The minimum atomic E-state index is -1.35. The molecule has 0 aliphatic carbocycles. The summed E-state index contributed by atoms with van der Waals surface area (Å²) in [5, 5.41) is 37.2. The topological polar surface area (TPSA) is 191 Å². The minimum absolute atomic E-state index is 0.0103. The summed E-state index contributed by atoms with van der Waals surface area (Å²) in [5.74, 6) is -3.25. The van der Waals surface area contributed by atoms with E-state index in [1.807, 2.05) is 36.4 Å². The second kappa shape index (κ2) is 16.6. The van der Waals surface area contributed by atoms with Crippen molar-refractivity contribution in [3.8, 4) is 11.5 Å². The van der Waals surface area contributed by atoms with Crippen molar-refractivity contribution >= 4 is 23.7 Å². The minimum Gasteiger partial charge on any atom is -0.508 e. The number of amides is 3. The number of nitrogens with two attached hydrogens (primary N) is 1. The monoisotopic (exact) mass is 638 g/mol. The molecule has 0 radical (unpaired) electrons. The first-order valence-corrected chi connectivity index (χ1v) is 15.1. The first kappa shape index (κ1) is 34.2. The maximum Gasteiger partial charge on any atom is 0.326 e. The van der Waals surface area contributed by atoms with Gasteiger partial charge in [-0.2, -0.15) is 0 Å². The summed E-state index contributed by atoms with van der Waals surface area (Å²) < 4.78 is 0. The zero-order chi connectivity index (χ0) is 33.8. The van der Waals surface area contributed by atoms with Gasteiger partial charge < -0.3 is 37.0 Å². The fourth-order valence-corrected chi connectivity index (χ4v) is 4.99. The van der Waals surface area contributed by atoms with Crippen LogP contribution in [0.4, 0.5) is 0 Å². The number of rotatable bonds is 15. The van der Waals surface area contributed by atoms with Gasteiger partial charge in [0.15, 0.2) is 0 Å². The molecule has 0 bridgehead atoms. The van der Waals surface area contributed by atoms with Crippen molar-refractivity contribution in [3.63, 3.8) is 0 Å². The average Bonchev–Trinajstić information content (AvgIpc) is 3.06. The Morgan fingerprint density at radius 1 is 0.489 bits per heavy atom. The van der Waals surface area contributed by atoms with E-state index in [-0.39, 0.29) is 37.2 Å². The fourth-order valence-electron chi connectivity index (χ4n) is 4.99. The molecule has 244 valence electrons. The third-order valence-electron chi connectivity index (χ3n) is 7.55. The van der Waals surface area contributed by atoms with Gasteiger partial charge in [0, 0.05) is 19.3 Å². The van der Waals surface area contributed by atoms with Gasteiger partial charge in [-0.3, -0.25) is 14.4 Å². The van der Waals surface area contributed by atoms with Gasteiger partial charge >= 0.3 is 5.97 Å². The highest BCUT2D eigenvalue weighted by Crippen LogP contribution is 2.14. The first-order chi connectivity index (χ1) is 22.6. The average molecular weight is 639 g/mol. The number of aromatic hydroxyl groups is 2. The third kappa shape index (κ3) is 10.7. The molecule has 8 N–H and O–H groups in total. The molecule has 4 rings (SSSR count). The fraction of sp³-hybridized carbons (Fsp3) is 0.222. The summed E-state index contributed by atoms with van der Waals surface area (Å²) in [6.45, 7) is 0. The molecular weight excluding hydrogens is 600 g/mol. The van der Waals surface area contributed by atoms with Crippen LogP contribution in [0.1, 0.15) is 22.3 Å². The summed E-state index contributed by atoms with van der Waals surface area (Å²) >= 11 is 0. The highest BCUT2D eigenvalue weighted by atomic mass is 16.4. The second-order valence-corrected chi connectivity index (χ2v) is 11.2. The van der Waals surface area contributed by atoms with E-state index in [2.05, 4.69) is 16.0 Å². The first-order valence-electron chi connectivity index (χ1n) is 15.1. The number of hydrogen-bond donors (Lipinski definition) is 7. The highest BCUT2D eigenvalue weighted by molar-refractivity contribution is 5.94. The molecule has 0 saturated carbocycles. The van der Waals surface area contributed by atoms with Crippen LogP contribution in [-0.4, -0.2) is 63.2 Å². The summed E-state index contributed by atoms with van der Waals surface area (Å²) in [5.41, 5.74) is 8.96. The van der Waals surface area contributed by atoms with Crippen molar-refractivity contribution in [2.75, 3.05) is 0 Å². The quantitative estimate of drug-likeness (QED) is 0.103. The summed E-state index contributed by atoms with van der Waals surface area (Å²) in [6.07, 6.45) is 0.231. The van der Waals surface area contributed by atoms with E-state index >= 15 is 0 Å². The van der Waals surface area contributed by atoms with Crippen LogP contribution in [0, 0.1) is 0 Å². The number of phenolic OH excluding ortho intramolecular Hbond substituents is 2. The van der Waals surface area contributed by atoms with Crippen LogP contribution in [0.15, 0.2) is 109 Å². The second-order valence-electron chi connectivity index (χ2n) is 11.2. The summed E-state index contributed by atoms with van der Waals surface area (Å²) in [4.78, 5) is 52.8. The van der Waals surface area contributed by atoms with E-state index in [0.29, 0.717) is 11.1 Å². The van der Waals surface area contributed by atoms with Crippen LogP contribution in [0.25, 0.3) is 0 Å². The highest BCUT2D eigenvalue weighted by Gasteiger charge is 2.31. The molecule has 4 unspecified atom stereocenters. The van der Waals surface area contributed by atoms with E-state index in [0.717, 1.165) is 11.1 Å². The lowest BCUT2D eigenvalue weighted by atomic mass is 10.0. The Balaban J connectivity index is 1.55. The maximum atomic E-state index is 13.8. The molecule has 0 saturated heterocycles. The lowest BCUT2D eigenvalue weighted by Crippen LogP contribution is -2.58. The van der Waals surface area contributed by atoms with Crippen LogP contribution in [0.5, 0.6) is 11.5 Å². The van der Waals surface area contributed by atoms with Gasteiger partial charge in [-0.05, 0) is 52.9 Å². The number of carboxylic acid groups (broad SMARTS) is 1. The van der Waals surface area contributed by atoms with Gasteiger partial charge in [-0.1, -0.05) is 84.9 Å². The van der Waals surface area contributed by atoms with Crippen LogP contribution < -0.4 is 21.7 Å². The van der Waals surface area contributed by atoms with Crippen LogP contribution in [0.2, 0.25) is 0 Å². The molecule has 0 spiro atoms. The van der Waals surface area contributed by atoms with Crippen molar-refractivity contribution in [2.24, 2.45) is 5.73 Å². The normalized spacial score (nSPS) is 13.4. The summed E-state index contributed by atoms with van der Waals surface area (Å²) in [6, 6.07) is 25.5. The molecule has 4 atom stereocenters. The van der Waals surface area contributed by atoms with Gasteiger partial charge in [0.25, 0.3) is 0 Å². The Morgan fingerprint density at radius 2 is 0.830 bits per heavy atom. The number of carbonyl (C=O) groups is 4. The van der Waals surface area contributed by atoms with Gasteiger partial charge in [0.05, 0.1) is 6.04 Å². The number of carbonyl (C=O) groups excluding carboxylic acids is 3. The standard InChI is InChI=1S/C36H38N4O7/c37-29(19-23-7-3-1-4-8-23)33(43)38-30(20-24-9-5-2-6-10-24)34(44)39-31(21-25-11-15-27(41)16-12-25)35(45)40-32(36(46)47)22-26-13-17-28(42)18-14-26/h1-18,29-32,41-42H,19-22,37H2,(H,38,43)(H,39,44)(H,40,45)(H,46,47). The molecule has 0 fully saturated rings. The van der Waals surface area contributed by atoms with Crippen LogP contribution >= 0.6 is 0 Å². The molecule has 3 amide bonds. The molecule has 0 heterocycles. The largest absolute Gasteiger partial charge is 0.508 e. The molecule has 47 heavy (non-hydrogen) atoms. The molecule has 11 nitrogen and oxygen atoms in total. The molecular formula is C36H38N4O7. The number of phenols is 2. The van der Waals surface area contributed by atoms with Gasteiger partial charge in [-0.25, -0.2) is 4.79 Å². The number of nitrogens with one attached hydrogen (secondary N) is 3. The molecule has 11 heteroatoms. The third-order valence-corrected chi connectivity index (χ3v) is 7.55. The van der Waals surface area contributed by atoms with E-state index in [1.54, 1.807) is 48.5 Å². The summed E-state index contributed by atoms with van der Waals surface area (Å²) in [7, 11) is 0. The van der Waals surface area contributed by atoms with Crippen molar-refractivity contribution in [3.05, 3.63) is 131 Å². The van der Waals surface area contributed by atoms with Crippen molar-refractivity contribution in [2.45, 2.75) is 49.9 Å². The number of benzene rings is 4. The molecule has 4 aromatic carbocycles. The molecule has 4 aromatic rings. The lowest BCUT2D eigenvalue weighted by molar-refractivity contribution is -0.142. The van der Waals surface area contributed by atoms with E-state index in [1.165, 1.54) is 24.3 Å². The molecule has 0 aliphatic rings. The van der Waals surface area contributed by atoms with Gasteiger partial charge in [0.2, 0.25) is 17.7 Å². The smallest absolute Gasteiger partial charge is 0.326 e. The Labute approximate surface area is 272 Å². The lowest BCUT2D eigenvalue weighted by Gasteiger charge is -2.25. The van der Waals surface area contributed by atoms with Gasteiger partial charge in [-0.15, -0.1) is 0 Å². The van der Waals surface area contributed by atoms with Crippen molar-refractivity contribution in [1.82, 2.24) is 16.0 Å². The predicted molar refractivity (Wildman–Crippen MR) is 175 cm³/mol. The Morgan fingerprint density at radius 3 is 1.26 bits per heavy atom. The van der Waals surface area contributed by atoms with Crippen molar-refractivity contribution < 1.29 is 34.5 Å². The van der Waals surface area contributed by atoms with Crippen LogP contribution in [-0.2, 0) is 44.9 Å². The van der Waals surface area contributed by atoms with Crippen molar-refractivity contribution in [1.29, 1.82) is 0 Å². The number of carboxylic acids is 1. The number of hydrogen-bond acceptors (Lipinski definition) is 7. The van der Waals surface area contributed by atoms with E-state index in [4.69, 9.17) is 5.73 Å². The van der Waals surface area contributed by atoms with E-state index < -0.39 is 47.9 Å². The maximum absolute atomic E-state index is 13.8. The Bertz CT molecular complexity index is 1630. The van der Waals surface area contributed by atoms with E-state index in [9.17, 15) is 34.5 Å². The molecule has 0 aliphatic heterocycles.